The van der Waals surface area contributed by atoms with E-state index in [1.54, 1.807) is 19.0 Å². The van der Waals surface area contributed by atoms with Gasteiger partial charge < -0.3 is 14.5 Å². The highest BCUT2D eigenvalue weighted by atomic mass is 16.5. The highest BCUT2D eigenvalue weighted by Crippen LogP contribution is 2.17. The first-order chi connectivity index (χ1) is 17.2. The van der Waals surface area contributed by atoms with Crippen molar-refractivity contribution in [3.63, 3.8) is 0 Å². The van der Waals surface area contributed by atoms with Crippen LogP contribution in [0.3, 0.4) is 0 Å². The molecule has 0 bridgehead atoms. The molecule has 0 unspecified atom stereocenters. The fourth-order valence-corrected chi connectivity index (χ4v) is 3.29. The van der Waals surface area contributed by atoms with Crippen LogP contribution in [0.25, 0.3) is 21.5 Å². The molecule has 0 aliphatic carbocycles. The molecule has 0 saturated heterocycles. The van der Waals surface area contributed by atoms with Gasteiger partial charge in [0, 0.05) is 19.7 Å². The van der Waals surface area contributed by atoms with Crippen LogP contribution in [0.15, 0.2) is 84.9 Å². The van der Waals surface area contributed by atoms with Crippen molar-refractivity contribution in [1.29, 1.82) is 0 Å². The Labute approximate surface area is 215 Å². The molecule has 5 nitrogen and oxygen atoms in total. The Morgan fingerprint density at radius 1 is 0.667 bits per heavy atom. The van der Waals surface area contributed by atoms with Crippen LogP contribution in [-0.2, 0) is 4.74 Å². The molecule has 5 heteroatoms. The summed E-state index contributed by atoms with van der Waals surface area (Å²) in [5, 5.41) is 4.47. The number of hydrogen-bond donors (Lipinski definition) is 0. The minimum absolute atomic E-state index is 0.0424. The minimum atomic E-state index is -0.232. The normalized spacial score (nSPS) is 10.2. The lowest BCUT2D eigenvalue weighted by Crippen LogP contribution is -2.21. The van der Waals surface area contributed by atoms with Gasteiger partial charge in [-0.3, -0.25) is 4.79 Å². The number of benzene rings is 4. The lowest BCUT2D eigenvalue weighted by Gasteiger charge is -2.10. The summed E-state index contributed by atoms with van der Waals surface area (Å²) in [5.41, 5.74) is 1.36. The second-order valence-electron chi connectivity index (χ2n) is 9.15. The molecule has 4 aromatic rings. The molecule has 4 aromatic carbocycles. The quantitative estimate of drug-likeness (QED) is 0.238. The van der Waals surface area contributed by atoms with Crippen molar-refractivity contribution in [1.82, 2.24) is 9.80 Å². The predicted octanol–water partition coefficient (Wildman–Crippen LogP) is 6.52. The molecule has 0 heterocycles. The molecule has 0 aliphatic rings. The second-order valence-corrected chi connectivity index (χ2v) is 9.15. The Hall–Kier alpha value is -3.70. The molecule has 0 fully saturated rings. The number of amides is 1. The smallest absolute Gasteiger partial charge is 0.338 e. The van der Waals surface area contributed by atoms with Gasteiger partial charge in [-0.1, -0.05) is 74.0 Å². The number of carbonyl (C=O) groups excluding carboxylic acids is 2. The van der Waals surface area contributed by atoms with Gasteiger partial charge in [-0.25, -0.2) is 4.79 Å². The molecule has 4 rings (SSSR count). The van der Waals surface area contributed by atoms with E-state index in [0.29, 0.717) is 12.2 Å². The Balaban J connectivity index is 0.000000222. The lowest BCUT2D eigenvalue weighted by atomic mass is 10.1. The van der Waals surface area contributed by atoms with Gasteiger partial charge in [-0.2, -0.15) is 0 Å². The molecule has 0 radical (unpaired) electrons. The third-order valence-electron chi connectivity index (χ3n) is 5.12. The van der Waals surface area contributed by atoms with Gasteiger partial charge in [0.25, 0.3) is 5.91 Å². The highest BCUT2D eigenvalue weighted by Gasteiger charge is 2.08. The third-order valence-corrected chi connectivity index (χ3v) is 5.12. The number of unbranched alkanes of at least 4 members (excludes halogenated alkanes) is 1. The van der Waals surface area contributed by atoms with E-state index >= 15 is 0 Å². The van der Waals surface area contributed by atoms with Crippen LogP contribution in [0, 0.1) is 0 Å². The monoisotopic (exact) mass is 486 g/mol. The highest BCUT2D eigenvalue weighted by molar-refractivity contribution is 5.98. The number of rotatable bonds is 5. The standard InChI is InChI=1S/C15H16O2.C13H13NO.C3H9N/c1-2-3-10-17-15(16)14-9-8-12-6-4-5-7-13(12)11-14;1-14(2)13(15)12-8-7-10-5-3-4-6-11(10)9-12;1-4(2)3/h4-9,11H,2-3,10H2,1H3;3-9H,1-2H3;1-3H3. The first-order valence-electron chi connectivity index (χ1n) is 12.2. The van der Waals surface area contributed by atoms with Crippen LogP contribution in [0.2, 0.25) is 0 Å². The molecular formula is C31H38N2O3. The molecule has 0 aromatic heterocycles. The van der Waals surface area contributed by atoms with Crippen LogP contribution in [-0.4, -0.2) is 63.5 Å². The number of fused-ring (bicyclic) bond motifs is 2. The predicted molar refractivity (Wildman–Crippen MR) is 151 cm³/mol. The van der Waals surface area contributed by atoms with Gasteiger partial charge in [0.05, 0.1) is 12.2 Å². The first kappa shape index (κ1) is 28.5. The van der Waals surface area contributed by atoms with E-state index in [2.05, 4.69) is 6.92 Å². The number of ether oxygens (including phenoxy) is 1. The lowest BCUT2D eigenvalue weighted by molar-refractivity contribution is 0.0499. The van der Waals surface area contributed by atoms with Crippen molar-refractivity contribution in [3.05, 3.63) is 96.1 Å². The summed E-state index contributed by atoms with van der Waals surface area (Å²) in [7, 11) is 9.52. The van der Waals surface area contributed by atoms with E-state index in [1.807, 2.05) is 111 Å². The van der Waals surface area contributed by atoms with Gasteiger partial charge in [-0.05, 0) is 73.4 Å². The topological polar surface area (TPSA) is 49.9 Å². The van der Waals surface area contributed by atoms with Crippen LogP contribution >= 0.6 is 0 Å². The summed E-state index contributed by atoms with van der Waals surface area (Å²) in [6.07, 6.45) is 1.95. The molecule has 0 saturated carbocycles. The van der Waals surface area contributed by atoms with Crippen LogP contribution in [0.5, 0.6) is 0 Å². The molecular weight excluding hydrogens is 448 g/mol. The van der Waals surface area contributed by atoms with Crippen LogP contribution < -0.4 is 0 Å². The Morgan fingerprint density at radius 2 is 1.11 bits per heavy atom. The van der Waals surface area contributed by atoms with E-state index in [-0.39, 0.29) is 11.9 Å². The largest absolute Gasteiger partial charge is 0.462 e. The van der Waals surface area contributed by atoms with Crippen molar-refractivity contribution < 1.29 is 14.3 Å². The summed E-state index contributed by atoms with van der Waals surface area (Å²) in [6, 6.07) is 27.4. The summed E-state index contributed by atoms with van der Waals surface area (Å²) >= 11 is 0. The first-order valence-corrected chi connectivity index (χ1v) is 12.2. The number of carbonyl (C=O) groups is 2. The van der Waals surface area contributed by atoms with E-state index in [0.717, 1.165) is 39.9 Å². The molecule has 0 aliphatic heterocycles. The van der Waals surface area contributed by atoms with Crippen molar-refractivity contribution in [2.75, 3.05) is 41.8 Å². The number of nitrogens with zero attached hydrogens (tertiary/aromatic N) is 2. The average Bonchev–Trinajstić information content (AvgIpc) is 2.87. The zero-order valence-corrected chi connectivity index (χ0v) is 22.3. The maximum atomic E-state index is 11.7. The minimum Gasteiger partial charge on any atom is -0.462 e. The SMILES string of the molecule is CCCCOC(=O)c1ccc2ccccc2c1.CN(C)C.CN(C)C(=O)c1ccc2ccccc2c1. The Kier molecular flexibility index (Phi) is 11.6. The summed E-state index contributed by atoms with van der Waals surface area (Å²) in [6.45, 7) is 2.58. The Bertz CT molecular complexity index is 1260. The summed E-state index contributed by atoms with van der Waals surface area (Å²) in [5.74, 6) is -0.190. The third kappa shape index (κ3) is 9.16. The molecule has 0 N–H and O–H groups in total. The van der Waals surface area contributed by atoms with Gasteiger partial charge >= 0.3 is 5.97 Å². The van der Waals surface area contributed by atoms with E-state index in [9.17, 15) is 9.59 Å². The fraction of sp³-hybridized carbons (Fsp3) is 0.290. The van der Waals surface area contributed by atoms with E-state index in [1.165, 1.54) is 0 Å². The zero-order valence-electron chi connectivity index (χ0n) is 22.3. The fourth-order valence-electron chi connectivity index (χ4n) is 3.29. The maximum absolute atomic E-state index is 11.7. The molecule has 0 spiro atoms. The Morgan fingerprint density at radius 3 is 1.58 bits per heavy atom. The maximum Gasteiger partial charge on any atom is 0.338 e. The van der Waals surface area contributed by atoms with Gasteiger partial charge in [0.15, 0.2) is 0 Å². The average molecular weight is 487 g/mol. The van der Waals surface area contributed by atoms with Gasteiger partial charge in [0.2, 0.25) is 0 Å². The zero-order chi connectivity index (χ0) is 26.5. The number of hydrogen-bond acceptors (Lipinski definition) is 4. The second kappa shape index (κ2) is 14.6. The van der Waals surface area contributed by atoms with Gasteiger partial charge in [0.1, 0.15) is 0 Å². The van der Waals surface area contributed by atoms with Crippen molar-refractivity contribution in [3.8, 4) is 0 Å². The van der Waals surface area contributed by atoms with Crippen molar-refractivity contribution in [2.45, 2.75) is 19.8 Å². The van der Waals surface area contributed by atoms with E-state index in [4.69, 9.17) is 4.74 Å². The van der Waals surface area contributed by atoms with Crippen LogP contribution in [0.1, 0.15) is 40.5 Å². The van der Waals surface area contributed by atoms with Gasteiger partial charge in [-0.15, -0.1) is 0 Å². The molecule has 0 atom stereocenters. The summed E-state index contributed by atoms with van der Waals surface area (Å²) < 4.78 is 5.18. The molecule has 1 amide bonds. The number of esters is 1. The molecule has 36 heavy (non-hydrogen) atoms. The van der Waals surface area contributed by atoms with Crippen LogP contribution in [0.4, 0.5) is 0 Å². The van der Waals surface area contributed by atoms with Crippen molar-refractivity contribution >= 4 is 33.4 Å². The summed E-state index contributed by atoms with van der Waals surface area (Å²) in [4.78, 5) is 27.0. The molecule has 190 valence electrons. The van der Waals surface area contributed by atoms with E-state index < -0.39 is 0 Å². The van der Waals surface area contributed by atoms with Crippen molar-refractivity contribution in [2.24, 2.45) is 0 Å².